The third kappa shape index (κ3) is 2.59. The molecule has 4 rings (SSSR count). The first-order valence-electron chi connectivity index (χ1n) is 8.83. The molecule has 2 aromatic carbocycles. The molecule has 8 heteroatoms. The van der Waals surface area contributed by atoms with E-state index in [4.69, 9.17) is 0 Å². The highest BCUT2D eigenvalue weighted by molar-refractivity contribution is 7.89. The van der Waals surface area contributed by atoms with Crippen LogP contribution in [0.15, 0.2) is 53.4 Å². The first kappa shape index (κ1) is 18.8. The molecule has 2 aliphatic rings. The molecule has 2 aliphatic heterocycles. The molecule has 2 atom stereocenters. The van der Waals surface area contributed by atoms with Gasteiger partial charge in [0.05, 0.1) is 21.9 Å². The molecular formula is C20H19FN2O4S. The van der Waals surface area contributed by atoms with Gasteiger partial charge in [-0.25, -0.2) is 12.8 Å². The van der Waals surface area contributed by atoms with Crippen LogP contribution in [0.25, 0.3) is 0 Å². The lowest BCUT2D eigenvalue weighted by Gasteiger charge is -2.32. The molecule has 0 radical (unpaired) electrons. The molecule has 2 heterocycles. The maximum atomic E-state index is 13.3. The monoisotopic (exact) mass is 402 g/mol. The van der Waals surface area contributed by atoms with Crippen molar-refractivity contribution in [2.24, 2.45) is 5.41 Å². The average Bonchev–Trinajstić information content (AvgIpc) is 3.04. The zero-order valence-corrected chi connectivity index (χ0v) is 16.2. The van der Waals surface area contributed by atoms with Crippen molar-refractivity contribution in [1.82, 2.24) is 9.21 Å². The molecule has 0 aliphatic carbocycles. The van der Waals surface area contributed by atoms with Crippen LogP contribution in [-0.4, -0.2) is 55.5 Å². The van der Waals surface area contributed by atoms with Gasteiger partial charge in [-0.3, -0.25) is 9.59 Å². The zero-order chi connectivity index (χ0) is 20.3. The Morgan fingerprint density at radius 1 is 1.04 bits per heavy atom. The number of amides is 1. The van der Waals surface area contributed by atoms with Crippen LogP contribution in [0.4, 0.5) is 4.39 Å². The van der Waals surface area contributed by atoms with Gasteiger partial charge in [0.1, 0.15) is 5.82 Å². The lowest BCUT2D eigenvalue weighted by Crippen LogP contribution is -2.48. The Morgan fingerprint density at radius 3 is 2.29 bits per heavy atom. The smallest absolute Gasteiger partial charge is 0.254 e. The quantitative estimate of drug-likeness (QED) is 0.772. The van der Waals surface area contributed by atoms with Crippen molar-refractivity contribution in [3.05, 3.63) is 65.5 Å². The highest BCUT2D eigenvalue weighted by Crippen LogP contribution is 2.42. The largest absolute Gasteiger partial charge is 0.336 e. The number of sulfonamides is 1. The van der Waals surface area contributed by atoms with Crippen molar-refractivity contribution in [1.29, 1.82) is 0 Å². The Hall–Kier alpha value is -2.58. The van der Waals surface area contributed by atoms with Crippen LogP contribution >= 0.6 is 0 Å². The molecule has 0 N–H and O–H groups in total. The topological polar surface area (TPSA) is 74.8 Å². The van der Waals surface area contributed by atoms with Crippen LogP contribution < -0.4 is 0 Å². The predicted molar refractivity (Wildman–Crippen MR) is 99.9 cm³/mol. The van der Waals surface area contributed by atoms with Crippen molar-refractivity contribution >= 4 is 21.7 Å². The summed E-state index contributed by atoms with van der Waals surface area (Å²) in [6.45, 7) is 1.65. The number of Topliss-reactive ketones (excluding diaryl/α,β-unsaturated/α-hetero) is 1. The molecule has 0 aromatic heterocycles. The Balaban J connectivity index is 1.78. The SMILES string of the molecule is CN1C(=O)c2ccccc2C(=O)[C@@]2(C)CN(S(=O)(=O)c3ccc(F)cc3)C[C@@H]12. The normalized spacial score (nSPS) is 25.4. The van der Waals surface area contributed by atoms with Gasteiger partial charge >= 0.3 is 0 Å². The van der Waals surface area contributed by atoms with E-state index in [1.807, 2.05) is 0 Å². The zero-order valence-electron chi connectivity index (χ0n) is 15.4. The first-order valence-corrected chi connectivity index (χ1v) is 10.3. The fourth-order valence-corrected chi connectivity index (χ4v) is 5.70. The number of carbonyl (C=O) groups excluding carboxylic acids is 2. The maximum Gasteiger partial charge on any atom is 0.254 e. The molecule has 0 saturated carbocycles. The average molecular weight is 402 g/mol. The van der Waals surface area contributed by atoms with Crippen LogP contribution in [-0.2, 0) is 10.0 Å². The maximum absolute atomic E-state index is 13.3. The fourth-order valence-electron chi connectivity index (χ4n) is 4.15. The molecule has 6 nitrogen and oxygen atoms in total. The predicted octanol–water partition coefficient (Wildman–Crippen LogP) is 2.17. The van der Waals surface area contributed by atoms with E-state index in [2.05, 4.69) is 0 Å². The highest BCUT2D eigenvalue weighted by Gasteiger charge is 2.56. The second-order valence-electron chi connectivity index (χ2n) is 7.48. The number of halogens is 1. The molecule has 0 bridgehead atoms. The van der Waals surface area contributed by atoms with Gasteiger partial charge in [0.15, 0.2) is 5.78 Å². The molecule has 1 amide bonds. The number of hydrogen-bond acceptors (Lipinski definition) is 4. The molecule has 1 fully saturated rings. The van der Waals surface area contributed by atoms with Crippen molar-refractivity contribution in [2.75, 3.05) is 20.1 Å². The Morgan fingerprint density at radius 2 is 1.64 bits per heavy atom. The summed E-state index contributed by atoms with van der Waals surface area (Å²) in [5.74, 6) is -1.09. The molecule has 2 aromatic rings. The van der Waals surface area contributed by atoms with E-state index in [1.165, 1.54) is 21.3 Å². The number of rotatable bonds is 2. The van der Waals surface area contributed by atoms with E-state index < -0.39 is 27.3 Å². The van der Waals surface area contributed by atoms with Gasteiger partial charge in [0.25, 0.3) is 5.91 Å². The van der Waals surface area contributed by atoms with Gasteiger partial charge in [-0.1, -0.05) is 18.2 Å². The van der Waals surface area contributed by atoms with Gasteiger partial charge in [0, 0.05) is 25.7 Å². The summed E-state index contributed by atoms with van der Waals surface area (Å²) in [5.41, 5.74) is -0.437. The lowest BCUT2D eigenvalue weighted by atomic mass is 9.78. The second kappa shape index (κ2) is 6.22. The number of hydrogen-bond donors (Lipinski definition) is 0. The second-order valence-corrected chi connectivity index (χ2v) is 9.41. The number of likely N-dealkylation sites (N-methyl/N-ethyl adjacent to an activating group) is 1. The van der Waals surface area contributed by atoms with Gasteiger partial charge < -0.3 is 4.90 Å². The van der Waals surface area contributed by atoms with Crippen LogP contribution in [0.5, 0.6) is 0 Å². The standard InChI is InChI=1S/C20H19FN2O4S/c1-20-12-23(28(26,27)14-9-7-13(21)8-10-14)11-17(20)22(2)19(25)16-6-4-3-5-15(16)18(20)24/h3-10,17H,11-12H2,1-2H3/t17-,20+/m1/s1. The summed E-state index contributed by atoms with van der Waals surface area (Å²) in [6, 6.07) is 10.6. The van der Waals surface area contributed by atoms with Gasteiger partial charge in [-0.15, -0.1) is 0 Å². The minimum atomic E-state index is -3.93. The molecule has 146 valence electrons. The van der Waals surface area contributed by atoms with E-state index >= 15 is 0 Å². The summed E-state index contributed by atoms with van der Waals surface area (Å²) < 4.78 is 40.5. The van der Waals surface area contributed by atoms with Crippen LogP contribution in [0.3, 0.4) is 0 Å². The van der Waals surface area contributed by atoms with E-state index in [1.54, 1.807) is 38.2 Å². The Labute approximate surface area is 162 Å². The highest BCUT2D eigenvalue weighted by atomic mass is 32.2. The van der Waals surface area contributed by atoms with E-state index in [9.17, 15) is 22.4 Å². The molecule has 0 spiro atoms. The summed E-state index contributed by atoms with van der Waals surface area (Å²) in [6.07, 6.45) is 0. The number of fused-ring (bicyclic) bond motifs is 2. The van der Waals surface area contributed by atoms with E-state index in [0.29, 0.717) is 11.1 Å². The third-order valence-electron chi connectivity index (χ3n) is 5.78. The summed E-state index contributed by atoms with van der Waals surface area (Å²) in [7, 11) is -2.34. The van der Waals surface area contributed by atoms with Crippen LogP contribution in [0.1, 0.15) is 27.6 Å². The van der Waals surface area contributed by atoms with E-state index in [0.717, 1.165) is 12.1 Å². The lowest BCUT2D eigenvalue weighted by molar-refractivity contribution is 0.0606. The summed E-state index contributed by atoms with van der Waals surface area (Å²) in [4.78, 5) is 27.6. The summed E-state index contributed by atoms with van der Waals surface area (Å²) >= 11 is 0. The third-order valence-corrected chi connectivity index (χ3v) is 7.60. The number of ketones is 1. The minimum absolute atomic E-state index is 0.00181. The first-order chi connectivity index (χ1) is 13.2. The fraction of sp³-hybridized carbons (Fsp3) is 0.300. The summed E-state index contributed by atoms with van der Waals surface area (Å²) in [5, 5.41) is 0. The van der Waals surface area contributed by atoms with Crippen LogP contribution in [0.2, 0.25) is 0 Å². The molecular weight excluding hydrogens is 383 g/mol. The molecule has 0 unspecified atom stereocenters. The van der Waals surface area contributed by atoms with Crippen molar-refractivity contribution in [3.8, 4) is 0 Å². The van der Waals surface area contributed by atoms with Crippen molar-refractivity contribution in [3.63, 3.8) is 0 Å². The van der Waals surface area contributed by atoms with Gasteiger partial charge in [-0.2, -0.15) is 4.31 Å². The van der Waals surface area contributed by atoms with Crippen molar-refractivity contribution < 1.29 is 22.4 Å². The van der Waals surface area contributed by atoms with Crippen LogP contribution in [0, 0.1) is 11.2 Å². The number of carbonyl (C=O) groups is 2. The Bertz CT molecular complexity index is 1080. The number of benzene rings is 2. The minimum Gasteiger partial charge on any atom is -0.336 e. The van der Waals surface area contributed by atoms with Gasteiger partial charge in [0.2, 0.25) is 10.0 Å². The molecule has 1 saturated heterocycles. The number of nitrogens with zero attached hydrogens (tertiary/aromatic N) is 2. The molecule has 28 heavy (non-hydrogen) atoms. The van der Waals surface area contributed by atoms with E-state index in [-0.39, 0.29) is 29.7 Å². The Kier molecular flexibility index (Phi) is 4.17. The van der Waals surface area contributed by atoms with Gasteiger partial charge in [-0.05, 0) is 37.3 Å². The van der Waals surface area contributed by atoms with Crippen molar-refractivity contribution in [2.45, 2.75) is 17.9 Å².